The van der Waals surface area contributed by atoms with Crippen molar-refractivity contribution in [3.05, 3.63) is 0 Å². The molecule has 0 spiro atoms. The van der Waals surface area contributed by atoms with Crippen molar-refractivity contribution < 1.29 is 4.74 Å². The summed E-state index contributed by atoms with van der Waals surface area (Å²) in [6.07, 6.45) is 3.08. The van der Waals surface area contributed by atoms with Crippen LogP contribution >= 0.6 is 0 Å². The Hall–Kier alpha value is -0.0800. The van der Waals surface area contributed by atoms with Crippen molar-refractivity contribution >= 4 is 0 Å². The van der Waals surface area contributed by atoms with E-state index in [4.69, 9.17) is 10.5 Å². The third-order valence-electron chi connectivity index (χ3n) is 2.51. The molecule has 1 unspecified atom stereocenters. The number of ether oxygens (including phenoxy) is 1. The summed E-state index contributed by atoms with van der Waals surface area (Å²) in [5, 5.41) is 0. The van der Waals surface area contributed by atoms with Gasteiger partial charge < -0.3 is 10.5 Å². The number of hydrogen-bond acceptors (Lipinski definition) is 2. The zero-order valence-electron chi connectivity index (χ0n) is 5.55. The van der Waals surface area contributed by atoms with Gasteiger partial charge in [-0.2, -0.15) is 0 Å². The lowest BCUT2D eigenvalue weighted by atomic mass is 10.2. The summed E-state index contributed by atoms with van der Waals surface area (Å²) in [6, 6.07) is 0. The van der Waals surface area contributed by atoms with Gasteiger partial charge in [-0.1, -0.05) is 0 Å². The molecular formula is C7H13NO. The fourth-order valence-electron chi connectivity index (χ4n) is 1.95. The van der Waals surface area contributed by atoms with Gasteiger partial charge in [-0.3, -0.25) is 0 Å². The van der Waals surface area contributed by atoms with Gasteiger partial charge in [0, 0.05) is 6.61 Å². The molecule has 0 aromatic carbocycles. The lowest BCUT2D eigenvalue weighted by molar-refractivity contribution is 0.137. The highest BCUT2D eigenvalue weighted by Gasteiger charge is 2.53. The smallest absolute Gasteiger partial charge is 0.0639 e. The number of hydrogen-bond donors (Lipinski definition) is 1. The van der Waals surface area contributed by atoms with Crippen molar-refractivity contribution in [3.63, 3.8) is 0 Å². The van der Waals surface area contributed by atoms with E-state index in [1.165, 1.54) is 12.8 Å². The number of fused-ring (bicyclic) bond motifs is 1. The summed E-state index contributed by atoms with van der Waals surface area (Å²) >= 11 is 0. The van der Waals surface area contributed by atoms with Gasteiger partial charge in [0.2, 0.25) is 0 Å². The predicted octanol–water partition coefficient (Wildman–Crippen LogP) is 0.370. The van der Waals surface area contributed by atoms with Crippen LogP contribution in [-0.2, 0) is 4.74 Å². The highest BCUT2D eigenvalue weighted by atomic mass is 16.5. The molecular weight excluding hydrogens is 114 g/mol. The predicted molar refractivity (Wildman–Crippen MR) is 35.0 cm³/mol. The van der Waals surface area contributed by atoms with Crippen LogP contribution in [-0.4, -0.2) is 19.3 Å². The Bertz CT molecular complexity index is 105. The standard InChI is InChI=1S/C7H13NO/c8-3-1-5-6-2-4-9-7(5)6/h5-7H,1-4,8H2/t5?,6-,7+/m1/s1. The molecule has 2 rings (SSSR count). The lowest BCUT2D eigenvalue weighted by Gasteiger charge is -1.99. The molecule has 1 heterocycles. The van der Waals surface area contributed by atoms with Crippen molar-refractivity contribution in [1.29, 1.82) is 0 Å². The molecule has 1 aliphatic carbocycles. The molecule has 1 aliphatic heterocycles. The normalized spacial score (nSPS) is 47.0. The maximum atomic E-state index is 5.44. The molecule has 2 nitrogen and oxygen atoms in total. The van der Waals surface area contributed by atoms with Crippen molar-refractivity contribution in [2.45, 2.75) is 18.9 Å². The first-order valence-corrected chi connectivity index (χ1v) is 3.75. The maximum absolute atomic E-state index is 5.44. The summed E-state index contributed by atoms with van der Waals surface area (Å²) in [5.74, 6) is 1.73. The van der Waals surface area contributed by atoms with Crippen LogP contribution in [0, 0.1) is 11.8 Å². The molecule has 0 aromatic heterocycles. The molecule has 3 atom stereocenters. The zero-order valence-corrected chi connectivity index (χ0v) is 5.55. The maximum Gasteiger partial charge on any atom is 0.0639 e. The third-order valence-corrected chi connectivity index (χ3v) is 2.51. The van der Waals surface area contributed by atoms with Gasteiger partial charge in [-0.25, -0.2) is 0 Å². The largest absolute Gasteiger partial charge is 0.378 e. The fourth-order valence-corrected chi connectivity index (χ4v) is 1.95. The van der Waals surface area contributed by atoms with E-state index in [2.05, 4.69) is 0 Å². The van der Waals surface area contributed by atoms with E-state index in [0.29, 0.717) is 6.10 Å². The van der Waals surface area contributed by atoms with Crippen LogP contribution in [0.4, 0.5) is 0 Å². The summed E-state index contributed by atoms with van der Waals surface area (Å²) < 4.78 is 5.44. The zero-order chi connectivity index (χ0) is 6.27. The SMILES string of the molecule is NCCC1[C@H]2CCO[C@@H]12. The van der Waals surface area contributed by atoms with E-state index in [1.807, 2.05) is 0 Å². The average molecular weight is 127 g/mol. The van der Waals surface area contributed by atoms with Gasteiger partial charge in [0.25, 0.3) is 0 Å². The van der Waals surface area contributed by atoms with Gasteiger partial charge in [-0.15, -0.1) is 0 Å². The van der Waals surface area contributed by atoms with Gasteiger partial charge in [-0.05, 0) is 31.2 Å². The fraction of sp³-hybridized carbons (Fsp3) is 1.00. The Balaban J connectivity index is 1.81. The van der Waals surface area contributed by atoms with Gasteiger partial charge in [0.1, 0.15) is 0 Å². The average Bonchev–Trinajstić information content (AvgIpc) is 2.39. The first-order chi connectivity index (χ1) is 4.43. The molecule has 0 radical (unpaired) electrons. The van der Waals surface area contributed by atoms with Crippen molar-refractivity contribution in [2.75, 3.05) is 13.2 Å². The summed E-state index contributed by atoms with van der Waals surface area (Å²) in [6.45, 7) is 1.83. The molecule has 2 N–H and O–H groups in total. The van der Waals surface area contributed by atoms with Crippen LogP contribution in [0.3, 0.4) is 0 Å². The monoisotopic (exact) mass is 127 g/mol. The molecule has 9 heavy (non-hydrogen) atoms. The molecule has 2 aliphatic rings. The Morgan fingerprint density at radius 1 is 1.56 bits per heavy atom. The van der Waals surface area contributed by atoms with Crippen LogP contribution in [0.2, 0.25) is 0 Å². The minimum atomic E-state index is 0.619. The molecule has 2 fully saturated rings. The molecule has 0 aromatic rings. The molecule has 0 amide bonds. The molecule has 2 heteroatoms. The summed E-state index contributed by atoms with van der Waals surface area (Å²) in [4.78, 5) is 0. The molecule has 1 saturated heterocycles. The summed E-state index contributed by atoms with van der Waals surface area (Å²) in [5.41, 5.74) is 5.42. The summed E-state index contributed by atoms with van der Waals surface area (Å²) in [7, 11) is 0. The molecule has 1 saturated carbocycles. The van der Waals surface area contributed by atoms with E-state index < -0.39 is 0 Å². The van der Waals surface area contributed by atoms with Crippen molar-refractivity contribution in [3.8, 4) is 0 Å². The van der Waals surface area contributed by atoms with Crippen LogP contribution in [0.1, 0.15) is 12.8 Å². The van der Waals surface area contributed by atoms with Crippen LogP contribution in [0.25, 0.3) is 0 Å². The van der Waals surface area contributed by atoms with E-state index in [9.17, 15) is 0 Å². The van der Waals surface area contributed by atoms with Crippen LogP contribution in [0.5, 0.6) is 0 Å². The Morgan fingerprint density at radius 2 is 2.44 bits per heavy atom. The second-order valence-corrected chi connectivity index (χ2v) is 3.03. The lowest BCUT2D eigenvalue weighted by Crippen LogP contribution is -2.04. The van der Waals surface area contributed by atoms with E-state index in [0.717, 1.165) is 25.0 Å². The van der Waals surface area contributed by atoms with Gasteiger partial charge in [0.15, 0.2) is 0 Å². The van der Waals surface area contributed by atoms with Crippen LogP contribution in [0.15, 0.2) is 0 Å². The Morgan fingerprint density at radius 3 is 3.00 bits per heavy atom. The van der Waals surface area contributed by atoms with Gasteiger partial charge >= 0.3 is 0 Å². The first-order valence-electron chi connectivity index (χ1n) is 3.75. The quantitative estimate of drug-likeness (QED) is 0.581. The highest BCUT2D eigenvalue weighted by Crippen LogP contribution is 2.50. The molecule has 52 valence electrons. The van der Waals surface area contributed by atoms with E-state index in [1.54, 1.807) is 0 Å². The number of rotatable bonds is 2. The third kappa shape index (κ3) is 0.775. The van der Waals surface area contributed by atoms with Crippen LogP contribution < -0.4 is 5.73 Å². The Kier molecular flexibility index (Phi) is 1.24. The van der Waals surface area contributed by atoms with Crippen molar-refractivity contribution in [2.24, 2.45) is 17.6 Å². The topological polar surface area (TPSA) is 35.2 Å². The van der Waals surface area contributed by atoms with Gasteiger partial charge in [0.05, 0.1) is 6.10 Å². The first kappa shape index (κ1) is 5.69. The number of nitrogens with two attached hydrogens (primary N) is 1. The second-order valence-electron chi connectivity index (χ2n) is 3.03. The van der Waals surface area contributed by atoms with E-state index >= 15 is 0 Å². The highest BCUT2D eigenvalue weighted by molar-refractivity contribution is 5.01. The minimum Gasteiger partial charge on any atom is -0.378 e. The van der Waals surface area contributed by atoms with E-state index in [-0.39, 0.29) is 0 Å². The second kappa shape index (κ2) is 1.96. The molecule has 0 bridgehead atoms. The minimum absolute atomic E-state index is 0.619. The van der Waals surface area contributed by atoms with Crippen molar-refractivity contribution in [1.82, 2.24) is 0 Å². The Labute approximate surface area is 55.4 Å².